The largest absolute Gasteiger partial charge is 0.273 e. The molecule has 1 aliphatic carbocycles. The third-order valence-electron chi connectivity index (χ3n) is 3.51. The van der Waals surface area contributed by atoms with Crippen LogP contribution in [0.5, 0.6) is 0 Å². The normalized spacial score (nSPS) is 17.6. The van der Waals surface area contributed by atoms with Crippen molar-refractivity contribution < 1.29 is 8.68 Å². The van der Waals surface area contributed by atoms with Crippen LogP contribution in [0.1, 0.15) is 23.7 Å². The van der Waals surface area contributed by atoms with Crippen molar-refractivity contribution in [3.8, 4) is 0 Å². The molecule has 1 aromatic rings. The Morgan fingerprint density at radius 3 is 2.91 bits per heavy atom. The van der Waals surface area contributed by atoms with Crippen LogP contribution in [0.4, 0.5) is 3.89 Å². The first kappa shape index (κ1) is 16.4. The van der Waals surface area contributed by atoms with Crippen LogP contribution in [0.2, 0.25) is 0 Å². The molecule has 1 aromatic heterocycles. The quantitative estimate of drug-likeness (QED) is 0.473. The second-order valence-electron chi connectivity index (χ2n) is 5.05. The summed E-state index contributed by atoms with van der Waals surface area (Å²) in [6, 6.07) is 1.99. The summed E-state index contributed by atoms with van der Waals surface area (Å²) >= 11 is -0.127. The Bertz CT molecular complexity index is 642. The van der Waals surface area contributed by atoms with Crippen molar-refractivity contribution in [2.75, 3.05) is 0 Å². The van der Waals surface area contributed by atoms with Gasteiger partial charge in [0.05, 0.1) is 0 Å². The molecule has 1 heterocycles. The number of hydrogen-bond acceptors (Lipinski definition) is 4. The first-order valence-electron chi connectivity index (χ1n) is 6.99. The fourth-order valence-corrected chi connectivity index (χ4v) is 2.94. The molecule has 0 aromatic carbocycles. The lowest BCUT2D eigenvalue weighted by molar-refractivity contribution is -0.128. The zero-order valence-electron chi connectivity index (χ0n) is 12.6. The van der Waals surface area contributed by atoms with E-state index in [4.69, 9.17) is 0 Å². The minimum atomic E-state index is -0.292. The minimum Gasteiger partial charge on any atom is -0.273 e. The molecular weight excluding hydrogens is 301 g/mol. The Hall–Kier alpha value is -1.95. The van der Waals surface area contributed by atoms with Crippen molar-refractivity contribution in [2.45, 2.75) is 26.7 Å². The van der Waals surface area contributed by atoms with Gasteiger partial charge in [0.2, 0.25) is 5.91 Å². The number of aliphatic imine (C=N–C) groups is 1. The predicted molar refractivity (Wildman–Crippen MR) is 87.9 cm³/mol. The summed E-state index contributed by atoms with van der Waals surface area (Å²) in [5.41, 5.74) is 3.09. The molecule has 0 saturated carbocycles. The highest BCUT2D eigenvalue weighted by Crippen LogP contribution is 2.31. The van der Waals surface area contributed by atoms with Crippen LogP contribution in [0, 0.1) is 12.8 Å². The van der Waals surface area contributed by atoms with E-state index >= 15 is 0 Å². The van der Waals surface area contributed by atoms with E-state index in [1.165, 1.54) is 18.4 Å². The van der Waals surface area contributed by atoms with Gasteiger partial charge >= 0.3 is 0 Å². The maximum Gasteiger partial charge on any atom is 0.244 e. The number of pyridine rings is 1. The van der Waals surface area contributed by atoms with Crippen LogP contribution < -0.4 is 0 Å². The Kier molecular flexibility index (Phi) is 5.49. The number of halogens is 1. The number of aryl methyl sites for hydroxylation is 1. The molecular formula is C16H18FN3OS. The maximum absolute atomic E-state index is 13.3. The Morgan fingerprint density at radius 2 is 2.27 bits per heavy atom. The number of allylic oxidation sites excluding steroid dienone is 2. The van der Waals surface area contributed by atoms with Gasteiger partial charge in [0.1, 0.15) is 5.82 Å². The molecule has 0 saturated heterocycles. The Balaban J connectivity index is 2.20. The average molecular weight is 319 g/mol. The highest BCUT2D eigenvalue weighted by molar-refractivity contribution is 7.92. The third kappa shape index (κ3) is 3.44. The number of amides is 1. The van der Waals surface area contributed by atoms with E-state index in [1.54, 1.807) is 13.1 Å². The highest BCUT2D eigenvalue weighted by atomic mass is 32.2. The van der Waals surface area contributed by atoms with Gasteiger partial charge in [0.15, 0.2) is 12.3 Å². The molecule has 4 nitrogen and oxygen atoms in total. The molecule has 116 valence electrons. The standard InChI is InChI=1S/C16H18FN3OS/c1-4-6-15(18-5-2)20(22-17)16(21)13-8-12-7-11(3)19-10-14(12)9-13/h4-7,10,13H,1,8-9H2,2-3H3/b15-6+,18-5-. The van der Waals surface area contributed by atoms with E-state index in [0.29, 0.717) is 12.8 Å². The maximum atomic E-state index is 13.3. The molecule has 0 aliphatic heterocycles. The van der Waals surface area contributed by atoms with Gasteiger partial charge in [0.25, 0.3) is 0 Å². The van der Waals surface area contributed by atoms with Crippen molar-refractivity contribution in [1.29, 1.82) is 0 Å². The van der Waals surface area contributed by atoms with E-state index in [0.717, 1.165) is 21.1 Å². The van der Waals surface area contributed by atoms with Gasteiger partial charge in [-0.3, -0.25) is 9.78 Å². The highest BCUT2D eigenvalue weighted by Gasteiger charge is 2.33. The second kappa shape index (κ2) is 7.35. The Labute approximate surface area is 134 Å². The van der Waals surface area contributed by atoms with E-state index in [9.17, 15) is 8.68 Å². The molecule has 0 spiro atoms. The average Bonchev–Trinajstić information content (AvgIpc) is 2.91. The predicted octanol–water partition coefficient (Wildman–Crippen LogP) is 3.58. The number of fused-ring (bicyclic) bond motifs is 1. The van der Waals surface area contributed by atoms with Crippen LogP contribution in [0.25, 0.3) is 0 Å². The summed E-state index contributed by atoms with van der Waals surface area (Å²) in [5, 5.41) is 0. The van der Waals surface area contributed by atoms with Gasteiger partial charge < -0.3 is 0 Å². The topological polar surface area (TPSA) is 45.6 Å². The van der Waals surface area contributed by atoms with Crippen LogP contribution in [-0.4, -0.2) is 21.4 Å². The van der Waals surface area contributed by atoms with Gasteiger partial charge in [-0.15, -0.1) is 3.89 Å². The smallest absolute Gasteiger partial charge is 0.244 e. The van der Waals surface area contributed by atoms with Gasteiger partial charge in [-0.1, -0.05) is 12.7 Å². The zero-order valence-corrected chi connectivity index (χ0v) is 13.4. The summed E-state index contributed by atoms with van der Waals surface area (Å²) in [4.78, 5) is 20.9. The molecule has 6 heteroatoms. The lowest BCUT2D eigenvalue weighted by Crippen LogP contribution is -2.30. The van der Waals surface area contributed by atoms with Gasteiger partial charge in [-0.25, -0.2) is 9.30 Å². The van der Waals surface area contributed by atoms with Gasteiger partial charge in [-0.2, -0.15) is 0 Å². The van der Waals surface area contributed by atoms with Crippen molar-refractivity contribution in [2.24, 2.45) is 10.9 Å². The molecule has 1 unspecified atom stereocenters. The van der Waals surface area contributed by atoms with Crippen molar-refractivity contribution >= 4 is 24.5 Å². The zero-order chi connectivity index (χ0) is 16.1. The number of rotatable bonds is 5. The van der Waals surface area contributed by atoms with Crippen LogP contribution in [0.3, 0.4) is 0 Å². The van der Waals surface area contributed by atoms with E-state index < -0.39 is 0 Å². The van der Waals surface area contributed by atoms with E-state index in [2.05, 4.69) is 16.6 Å². The fraction of sp³-hybridized carbons (Fsp3) is 0.312. The molecule has 0 radical (unpaired) electrons. The second-order valence-corrected chi connectivity index (χ2v) is 5.55. The van der Waals surface area contributed by atoms with Gasteiger partial charge in [0, 0.05) is 24.0 Å². The van der Waals surface area contributed by atoms with Crippen molar-refractivity contribution in [3.63, 3.8) is 0 Å². The third-order valence-corrected chi connectivity index (χ3v) is 4.01. The molecule has 22 heavy (non-hydrogen) atoms. The minimum absolute atomic E-state index is 0.127. The van der Waals surface area contributed by atoms with Crippen LogP contribution >= 0.6 is 12.3 Å². The van der Waals surface area contributed by atoms with Crippen LogP contribution in [-0.2, 0) is 17.6 Å². The lowest BCUT2D eigenvalue weighted by Gasteiger charge is -2.20. The first-order valence-corrected chi connectivity index (χ1v) is 7.66. The van der Waals surface area contributed by atoms with E-state index in [-0.39, 0.29) is 30.0 Å². The van der Waals surface area contributed by atoms with Crippen molar-refractivity contribution in [3.05, 3.63) is 53.6 Å². The van der Waals surface area contributed by atoms with E-state index in [1.807, 2.05) is 13.0 Å². The van der Waals surface area contributed by atoms with Crippen molar-refractivity contribution in [1.82, 2.24) is 9.29 Å². The molecule has 0 fully saturated rings. The fourth-order valence-electron chi connectivity index (χ4n) is 2.55. The SMILES string of the molecule is C=C/C=C(\N=C/C)N(SF)C(=O)C1Cc2cnc(C)cc2C1. The number of carbonyl (C=O) groups is 1. The molecule has 0 N–H and O–H groups in total. The molecule has 1 atom stereocenters. The lowest BCUT2D eigenvalue weighted by atomic mass is 10.1. The number of hydrogen-bond donors (Lipinski definition) is 0. The molecule has 1 aliphatic rings. The van der Waals surface area contributed by atoms with Crippen LogP contribution in [0.15, 0.2) is 41.8 Å². The molecule has 0 bridgehead atoms. The number of aromatic nitrogens is 1. The summed E-state index contributed by atoms with van der Waals surface area (Å²) < 4.78 is 14.3. The first-order chi connectivity index (χ1) is 10.6. The Morgan fingerprint density at radius 1 is 1.55 bits per heavy atom. The summed E-state index contributed by atoms with van der Waals surface area (Å²) in [6.07, 6.45) is 7.49. The van der Waals surface area contributed by atoms with Gasteiger partial charge in [-0.05, 0) is 50.0 Å². The summed E-state index contributed by atoms with van der Waals surface area (Å²) in [7, 11) is 0. The number of carbonyl (C=O) groups excluding carboxylic acids is 1. The summed E-state index contributed by atoms with van der Waals surface area (Å²) in [5.74, 6) is -0.345. The molecule has 1 amide bonds. The number of nitrogens with zero attached hydrogens (tertiary/aromatic N) is 3. The summed E-state index contributed by atoms with van der Waals surface area (Å²) in [6.45, 7) is 7.20. The molecule has 2 rings (SSSR count). The monoisotopic (exact) mass is 319 g/mol.